The molecule has 1 aliphatic rings. The van der Waals surface area contributed by atoms with Crippen LogP contribution in [0.2, 0.25) is 0 Å². The van der Waals surface area contributed by atoms with Gasteiger partial charge in [-0.05, 0) is 31.1 Å². The molecule has 8 heavy (non-hydrogen) atoms. The lowest BCUT2D eigenvalue weighted by Crippen LogP contribution is -1.71. The molecule has 0 saturated carbocycles. The van der Waals surface area contributed by atoms with E-state index in [1.807, 2.05) is 0 Å². The van der Waals surface area contributed by atoms with E-state index in [9.17, 15) is 0 Å². The van der Waals surface area contributed by atoms with Gasteiger partial charge in [0.15, 0.2) is 0 Å². The average Bonchev–Trinajstić information content (AvgIpc) is 1.98. The van der Waals surface area contributed by atoms with Crippen LogP contribution < -0.4 is 0 Å². The highest BCUT2D eigenvalue weighted by molar-refractivity contribution is 9.11. The van der Waals surface area contributed by atoms with Gasteiger partial charge in [-0.2, -0.15) is 0 Å². The van der Waals surface area contributed by atoms with Gasteiger partial charge in [0, 0.05) is 10.9 Å². The first kappa shape index (κ1) is 6.09. The minimum atomic E-state index is 0.970. The molecule has 0 aromatic heterocycles. The molecule has 0 heterocycles. The van der Waals surface area contributed by atoms with Crippen molar-refractivity contribution < 1.29 is 0 Å². The van der Waals surface area contributed by atoms with Gasteiger partial charge in [0.2, 0.25) is 0 Å². The number of hydrogen-bond donors (Lipinski definition) is 0. The normalized spacial score (nSPS) is 19.6. The predicted molar refractivity (Wildman–Crippen MR) is 38.7 cm³/mol. The van der Waals surface area contributed by atoms with Gasteiger partial charge in [0.1, 0.15) is 0 Å². The minimum Gasteiger partial charge on any atom is -0.0550 e. The van der Waals surface area contributed by atoms with Crippen LogP contribution in [0.4, 0.5) is 0 Å². The Kier molecular flexibility index (Phi) is 1.57. The molecular weight excluding hydrogens is 164 g/mol. The maximum Gasteiger partial charge on any atom is 0.00491 e. The molecule has 0 fully saturated rings. The summed E-state index contributed by atoms with van der Waals surface area (Å²) in [5.41, 5.74) is 2.64. The van der Waals surface area contributed by atoms with E-state index in [-0.39, 0.29) is 0 Å². The Morgan fingerprint density at radius 2 is 2.12 bits per heavy atom. The van der Waals surface area contributed by atoms with Crippen LogP contribution in [0.25, 0.3) is 0 Å². The van der Waals surface area contributed by atoms with Crippen molar-refractivity contribution in [3.8, 4) is 0 Å². The van der Waals surface area contributed by atoms with Crippen molar-refractivity contribution in [2.75, 3.05) is 0 Å². The van der Waals surface area contributed by atoms with Crippen LogP contribution in [0.15, 0.2) is 15.6 Å². The van der Waals surface area contributed by atoms with Crippen molar-refractivity contribution in [1.29, 1.82) is 0 Å². The summed E-state index contributed by atoms with van der Waals surface area (Å²) < 4.78 is 1.29. The summed E-state index contributed by atoms with van der Waals surface area (Å²) in [4.78, 5) is 0. The molecule has 0 saturated heterocycles. The molecule has 1 aliphatic carbocycles. The van der Waals surface area contributed by atoms with Gasteiger partial charge in [0.25, 0.3) is 0 Å². The van der Waals surface area contributed by atoms with E-state index < -0.39 is 0 Å². The standard InChI is InChI=1S/C7H8Br/c1-5-3-4-7(8)6(5)2/h4H2,1-2H3. The Labute approximate surface area is 58.4 Å². The summed E-state index contributed by atoms with van der Waals surface area (Å²) in [5.74, 6) is 0. The smallest absolute Gasteiger partial charge is 0.00491 e. The van der Waals surface area contributed by atoms with Crippen molar-refractivity contribution in [3.63, 3.8) is 0 Å². The summed E-state index contributed by atoms with van der Waals surface area (Å²) in [6, 6.07) is 0. The molecule has 0 aromatic rings. The van der Waals surface area contributed by atoms with Crippen LogP contribution in [0, 0.1) is 6.08 Å². The molecule has 0 aliphatic heterocycles. The first-order valence-electron chi connectivity index (χ1n) is 2.65. The lowest BCUT2D eigenvalue weighted by Gasteiger charge is -1.91. The first-order valence-corrected chi connectivity index (χ1v) is 3.44. The number of halogens is 1. The van der Waals surface area contributed by atoms with Gasteiger partial charge in [-0.25, -0.2) is 0 Å². The molecule has 0 bridgehead atoms. The van der Waals surface area contributed by atoms with Gasteiger partial charge in [-0.15, -0.1) is 0 Å². The van der Waals surface area contributed by atoms with Gasteiger partial charge >= 0.3 is 0 Å². The minimum absolute atomic E-state index is 0.970. The Bertz CT molecular complexity index is 158. The number of allylic oxidation sites excluding steroid dienone is 4. The van der Waals surface area contributed by atoms with E-state index in [2.05, 4.69) is 35.9 Å². The highest BCUT2D eigenvalue weighted by Crippen LogP contribution is 2.28. The number of rotatable bonds is 0. The first-order chi connectivity index (χ1) is 3.72. The molecule has 0 nitrogen and oxygen atoms in total. The Balaban J connectivity index is 2.88. The molecular formula is C7H8Br. The summed E-state index contributed by atoms with van der Waals surface area (Å²) in [7, 11) is 0. The zero-order valence-corrected chi connectivity index (χ0v) is 6.67. The van der Waals surface area contributed by atoms with Crippen molar-refractivity contribution in [1.82, 2.24) is 0 Å². The van der Waals surface area contributed by atoms with Crippen LogP contribution in [-0.4, -0.2) is 0 Å². The van der Waals surface area contributed by atoms with Gasteiger partial charge < -0.3 is 0 Å². The average molecular weight is 172 g/mol. The highest BCUT2D eigenvalue weighted by atomic mass is 79.9. The van der Waals surface area contributed by atoms with Crippen molar-refractivity contribution >= 4 is 15.9 Å². The van der Waals surface area contributed by atoms with Crippen LogP contribution in [0.5, 0.6) is 0 Å². The van der Waals surface area contributed by atoms with Gasteiger partial charge in [-0.1, -0.05) is 15.9 Å². The van der Waals surface area contributed by atoms with E-state index in [1.165, 1.54) is 15.6 Å². The second kappa shape index (κ2) is 2.06. The topological polar surface area (TPSA) is 0 Å². The second-order valence-electron chi connectivity index (χ2n) is 2.01. The molecule has 1 radical (unpaired) electrons. The third kappa shape index (κ3) is 0.873. The Morgan fingerprint density at radius 3 is 2.25 bits per heavy atom. The predicted octanol–water partition coefficient (Wildman–Crippen LogP) is 2.81. The lowest BCUT2D eigenvalue weighted by atomic mass is 10.2. The van der Waals surface area contributed by atoms with Crippen LogP contribution in [0.3, 0.4) is 0 Å². The summed E-state index contributed by atoms with van der Waals surface area (Å²) in [6.45, 7) is 4.20. The van der Waals surface area contributed by atoms with E-state index in [1.54, 1.807) is 0 Å². The largest absolute Gasteiger partial charge is 0.0550 e. The third-order valence-electron chi connectivity index (χ3n) is 1.48. The Hall–Kier alpha value is -0.0400. The SMILES string of the molecule is CC1=[C]CC(Br)=C1C. The van der Waals surface area contributed by atoms with Crippen LogP contribution in [0.1, 0.15) is 20.3 Å². The van der Waals surface area contributed by atoms with E-state index >= 15 is 0 Å². The second-order valence-corrected chi connectivity index (χ2v) is 2.97. The molecule has 0 spiro atoms. The molecule has 0 N–H and O–H groups in total. The molecule has 0 unspecified atom stereocenters. The zero-order chi connectivity index (χ0) is 6.15. The summed E-state index contributed by atoms with van der Waals surface area (Å²) in [5, 5.41) is 0. The summed E-state index contributed by atoms with van der Waals surface area (Å²) >= 11 is 3.44. The van der Waals surface area contributed by atoms with Crippen LogP contribution in [-0.2, 0) is 0 Å². The van der Waals surface area contributed by atoms with E-state index in [0.717, 1.165) is 6.42 Å². The fourth-order valence-corrected chi connectivity index (χ4v) is 1.12. The summed E-state index contributed by atoms with van der Waals surface area (Å²) in [6.07, 6.45) is 4.18. The molecule has 1 rings (SSSR count). The Morgan fingerprint density at radius 1 is 1.50 bits per heavy atom. The third-order valence-corrected chi connectivity index (χ3v) is 2.35. The lowest BCUT2D eigenvalue weighted by molar-refractivity contribution is 1.35. The quantitative estimate of drug-likeness (QED) is 0.527. The van der Waals surface area contributed by atoms with Crippen LogP contribution >= 0.6 is 15.9 Å². The van der Waals surface area contributed by atoms with Crippen molar-refractivity contribution in [2.24, 2.45) is 0 Å². The fraction of sp³-hybridized carbons (Fsp3) is 0.429. The molecule has 0 amide bonds. The maximum atomic E-state index is 3.44. The maximum absolute atomic E-state index is 3.44. The monoisotopic (exact) mass is 171 g/mol. The zero-order valence-electron chi connectivity index (χ0n) is 5.09. The van der Waals surface area contributed by atoms with E-state index in [0.29, 0.717) is 0 Å². The number of hydrogen-bond acceptors (Lipinski definition) is 0. The highest BCUT2D eigenvalue weighted by Gasteiger charge is 2.06. The van der Waals surface area contributed by atoms with E-state index in [4.69, 9.17) is 0 Å². The van der Waals surface area contributed by atoms with Crippen molar-refractivity contribution in [2.45, 2.75) is 20.3 Å². The molecule has 43 valence electrons. The molecule has 1 heteroatoms. The van der Waals surface area contributed by atoms with Gasteiger partial charge in [-0.3, -0.25) is 0 Å². The fourth-order valence-electron chi connectivity index (χ4n) is 0.679. The molecule has 0 aromatic carbocycles. The molecule has 0 atom stereocenters. The van der Waals surface area contributed by atoms with Crippen molar-refractivity contribution in [3.05, 3.63) is 21.7 Å². The van der Waals surface area contributed by atoms with Gasteiger partial charge in [0.05, 0.1) is 0 Å².